The lowest BCUT2D eigenvalue weighted by Crippen LogP contribution is -2.50. The molecule has 2 fully saturated rings. The average molecular weight is 547 g/mol. The number of carbonyl (C=O) groups excluding carboxylic acids is 1. The van der Waals surface area contributed by atoms with E-state index in [4.69, 9.17) is 0 Å². The monoisotopic (exact) mass is 546 g/mol. The number of benzene rings is 2. The molecule has 9 heteroatoms. The smallest absolute Gasteiger partial charge is 0.248 e. The van der Waals surface area contributed by atoms with Crippen LogP contribution < -0.4 is 0 Å². The molecule has 3 aromatic rings. The molecule has 0 unspecified atom stereocenters. The van der Waals surface area contributed by atoms with Crippen molar-refractivity contribution in [2.75, 3.05) is 0 Å². The third kappa shape index (κ3) is 5.58. The Balaban J connectivity index is 1.46. The van der Waals surface area contributed by atoms with Crippen molar-refractivity contribution in [1.82, 2.24) is 9.88 Å². The summed E-state index contributed by atoms with van der Waals surface area (Å²) in [6.07, 6.45) is 2.32. The van der Waals surface area contributed by atoms with Gasteiger partial charge in [-0.25, -0.2) is 22.2 Å². The Kier molecular flexibility index (Phi) is 7.38. The van der Waals surface area contributed by atoms with E-state index in [0.29, 0.717) is 12.8 Å². The Morgan fingerprint density at radius 2 is 1.76 bits per heavy atom. The molecule has 0 N–H and O–H groups in total. The third-order valence-corrected chi connectivity index (χ3v) is 11.0. The minimum Gasteiger partial charge on any atom is -0.335 e. The summed E-state index contributed by atoms with van der Waals surface area (Å²) in [7, 11) is -3.73. The Bertz CT molecular complexity index is 1360. The number of thiazole rings is 1. The molecule has 37 heavy (non-hydrogen) atoms. The van der Waals surface area contributed by atoms with Gasteiger partial charge in [-0.15, -0.1) is 11.3 Å². The van der Waals surface area contributed by atoms with Crippen molar-refractivity contribution in [2.24, 2.45) is 5.92 Å². The van der Waals surface area contributed by atoms with Gasteiger partial charge in [0.15, 0.2) is 9.84 Å². The topological polar surface area (TPSA) is 67.3 Å². The first-order valence-electron chi connectivity index (χ1n) is 12.9. The van der Waals surface area contributed by atoms with Crippen LogP contribution >= 0.6 is 11.3 Å². The number of fused-ring (bicyclic) bond motifs is 1. The molecule has 2 aliphatic carbocycles. The average Bonchev–Trinajstić information content (AvgIpc) is 3.35. The molecule has 5 rings (SSSR count). The number of hydrogen-bond donors (Lipinski definition) is 0. The van der Waals surface area contributed by atoms with Gasteiger partial charge in [-0.3, -0.25) is 4.79 Å². The van der Waals surface area contributed by atoms with E-state index in [-0.39, 0.29) is 49.1 Å². The van der Waals surface area contributed by atoms with Crippen molar-refractivity contribution in [2.45, 2.75) is 86.9 Å². The van der Waals surface area contributed by atoms with Gasteiger partial charge >= 0.3 is 0 Å². The normalized spacial score (nSPS) is 22.7. The summed E-state index contributed by atoms with van der Waals surface area (Å²) in [5, 5.41) is -0.815. The molecule has 1 aromatic heterocycles. The zero-order chi connectivity index (χ0) is 26.2. The molecule has 5 nitrogen and oxygen atoms in total. The molecule has 2 saturated carbocycles. The summed E-state index contributed by atoms with van der Waals surface area (Å²) in [5.41, 5.74) is 4.44. The van der Waals surface area contributed by atoms with E-state index >= 15 is 0 Å². The van der Waals surface area contributed by atoms with Gasteiger partial charge in [-0.1, -0.05) is 36.6 Å². The van der Waals surface area contributed by atoms with Crippen molar-refractivity contribution >= 4 is 37.3 Å². The second kappa shape index (κ2) is 10.4. The van der Waals surface area contributed by atoms with Gasteiger partial charge in [-0.05, 0) is 62.4 Å². The molecule has 2 aromatic carbocycles. The predicted octanol–water partition coefficient (Wildman–Crippen LogP) is 6.54. The summed E-state index contributed by atoms with van der Waals surface area (Å²) in [4.78, 5) is 20.5. The van der Waals surface area contributed by atoms with Crippen LogP contribution in [-0.4, -0.2) is 41.4 Å². The van der Waals surface area contributed by atoms with E-state index in [2.05, 4.69) is 4.98 Å². The number of sulfone groups is 1. The minimum absolute atomic E-state index is 0.208. The molecule has 0 bridgehead atoms. The summed E-state index contributed by atoms with van der Waals surface area (Å²) in [5.74, 6) is -3.63. The molecule has 2 aliphatic rings. The van der Waals surface area contributed by atoms with Crippen LogP contribution in [0, 0.1) is 12.8 Å². The molecular weight excluding hydrogens is 514 g/mol. The second-order valence-electron chi connectivity index (χ2n) is 10.5. The zero-order valence-electron chi connectivity index (χ0n) is 20.9. The summed E-state index contributed by atoms with van der Waals surface area (Å²) in [6.45, 7) is 2.16. The van der Waals surface area contributed by atoms with Crippen LogP contribution in [0.5, 0.6) is 0 Å². The van der Waals surface area contributed by atoms with Gasteiger partial charge in [0.2, 0.25) is 11.8 Å². The predicted molar refractivity (Wildman–Crippen MR) is 141 cm³/mol. The van der Waals surface area contributed by atoms with E-state index in [1.807, 2.05) is 25.1 Å². The van der Waals surface area contributed by atoms with Gasteiger partial charge in [0.25, 0.3) is 0 Å². The highest BCUT2D eigenvalue weighted by molar-refractivity contribution is 7.92. The van der Waals surface area contributed by atoms with Gasteiger partial charge in [0.05, 0.1) is 31.8 Å². The van der Waals surface area contributed by atoms with E-state index in [1.54, 1.807) is 34.7 Å². The maximum atomic E-state index is 14.2. The zero-order valence-corrected chi connectivity index (χ0v) is 22.5. The van der Waals surface area contributed by atoms with Crippen LogP contribution in [-0.2, 0) is 21.2 Å². The molecule has 0 spiro atoms. The largest absolute Gasteiger partial charge is 0.335 e. The summed E-state index contributed by atoms with van der Waals surface area (Å²) >= 11 is 1.53. The van der Waals surface area contributed by atoms with Gasteiger partial charge in [-0.2, -0.15) is 0 Å². The molecule has 0 aliphatic heterocycles. The van der Waals surface area contributed by atoms with Gasteiger partial charge in [0.1, 0.15) is 0 Å². The van der Waals surface area contributed by atoms with E-state index in [9.17, 15) is 22.0 Å². The molecular formula is C28H32F2N2O3S2. The lowest BCUT2D eigenvalue weighted by atomic mass is 9.85. The number of hydrogen-bond acceptors (Lipinski definition) is 5. The highest BCUT2D eigenvalue weighted by Gasteiger charge is 2.45. The number of aromatic nitrogens is 1. The first-order chi connectivity index (χ1) is 17.6. The van der Waals surface area contributed by atoms with Crippen LogP contribution in [0.1, 0.15) is 62.5 Å². The van der Waals surface area contributed by atoms with Crippen molar-refractivity contribution in [3.8, 4) is 0 Å². The Morgan fingerprint density at radius 1 is 1.05 bits per heavy atom. The maximum absolute atomic E-state index is 14.2. The van der Waals surface area contributed by atoms with Crippen LogP contribution in [0.15, 0.2) is 52.9 Å². The first-order valence-corrected chi connectivity index (χ1v) is 15.4. The third-order valence-electron chi connectivity index (χ3n) is 7.93. The Labute approximate surface area is 220 Å². The van der Waals surface area contributed by atoms with E-state index in [0.717, 1.165) is 34.2 Å². The number of alkyl halides is 2. The van der Waals surface area contributed by atoms with Crippen molar-refractivity contribution in [3.63, 3.8) is 0 Å². The van der Waals surface area contributed by atoms with Gasteiger partial charge < -0.3 is 4.90 Å². The number of rotatable bonds is 6. The fraction of sp³-hybridized carbons (Fsp3) is 0.500. The lowest BCUT2D eigenvalue weighted by molar-refractivity contribution is -0.142. The first kappa shape index (κ1) is 26.2. The van der Waals surface area contributed by atoms with Crippen LogP contribution in [0.25, 0.3) is 10.2 Å². The van der Waals surface area contributed by atoms with Crippen LogP contribution in [0.4, 0.5) is 8.78 Å². The number of amides is 1. The van der Waals surface area contributed by atoms with E-state index < -0.39 is 26.9 Å². The number of nitrogens with zero attached hydrogens (tertiary/aromatic N) is 2. The summed E-state index contributed by atoms with van der Waals surface area (Å²) in [6, 6.07) is 12.3. The molecule has 198 valence electrons. The van der Waals surface area contributed by atoms with Crippen molar-refractivity contribution < 1.29 is 22.0 Å². The van der Waals surface area contributed by atoms with Crippen molar-refractivity contribution in [3.05, 3.63) is 59.1 Å². The standard InChI is InChI=1S/C28H32F2N2O3S2/c1-19-6-9-22(10-7-19)37(34,35)26-5-3-2-4-23(26)27(33)32(21-12-14-28(29,30)15-13-21)17-20-8-11-25-24(16-20)31-18-36-25/h6-11,16,18,21,23,26H,2-5,12-15,17H2,1H3/t23-,26-/m1/s1. The quantitative estimate of drug-likeness (QED) is 0.352. The highest BCUT2D eigenvalue weighted by atomic mass is 32.2. The Morgan fingerprint density at radius 3 is 2.49 bits per heavy atom. The number of carbonyl (C=O) groups is 1. The maximum Gasteiger partial charge on any atom is 0.248 e. The number of aryl methyl sites for hydroxylation is 1. The molecule has 1 amide bonds. The van der Waals surface area contributed by atoms with E-state index in [1.165, 1.54) is 11.3 Å². The van der Waals surface area contributed by atoms with Crippen LogP contribution in [0.2, 0.25) is 0 Å². The van der Waals surface area contributed by atoms with Gasteiger partial charge in [0, 0.05) is 25.4 Å². The summed E-state index contributed by atoms with van der Waals surface area (Å²) < 4.78 is 56.4. The van der Waals surface area contributed by atoms with Crippen molar-refractivity contribution in [1.29, 1.82) is 0 Å². The lowest BCUT2D eigenvalue weighted by Gasteiger charge is -2.41. The molecule has 0 radical (unpaired) electrons. The molecule has 0 saturated heterocycles. The minimum atomic E-state index is -3.73. The fourth-order valence-corrected chi connectivity index (χ4v) is 8.47. The Hall–Kier alpha value is -2.39. The number of halogens is 2. The van der Waals surface area contributed by atoms with Crippen LogP contribution in [0.3, 0.4) is 0 Å². The molecule has 2 atom stereocenters. The highest BCUT2D eigenvalue weighted by Crippen LogP contribution is 2.39. The fourth-order valence-electron chi connectivity index (χ4n) is 5.79. The SMILES string of the molecule is Cc1ccc(S(=O)(=O)[C@@H]2CCCC[C@H]2C(=O)N(Cc2ccc3scnc3c2)C2CCC(F)(F)CC2)cc1. The molecule has 1 heterocycles. The second-order valence-corrected chi connectivity index (χ2v) is 13.5.